The average molecular weight is 791 g/mol. The predicted molar refractivity (Wildman–Crippen MR) is 177 cm³/mol. The Bertz CT molecular complexity index is 2090. The highest BCUT2D eigenvalue weighted by Gasteiger charge is 2.54. The summed E-state index contributed by atoms with van der Waals surface area (Å²) in [6.07, 6.45) is -5.91. The number of phosphoric ester groups is 1. The van der Waals surface area contributed by atoms with E-state index in [1.54, 1.807) is 20.8 Å². The molecule has 0 spiro atoms. The van der Waals surface area contributed by atoms with Crippen LogP contribution in [0.2, 0.25) is 0 Å². The van der Waals surface area contributed by atoms with Gasteiger partial charge in [-0.1, -0.05) is 0 Å². The van der Waals surface area contributed by atoms with Gasteiger partial charge >= 0.3 is 20.6 Å². The van der Waals surface area contributed by atoms with Crippen LogP contribution in [-0.4, -0.2) is 99.7 Å². The van der Waals surface area contributed by atoms with Gasteiger partial charge in [-0.2, -0.15) is 0 Å². The summed E-state index contributed by atoms with van der Waals surface area (Å²) in [6.45, 7) is -1.11. The van der Waals surface area contributed by atoms with E-state index in [-0.39, 0.29) is 40.4 Å². The van der Waals surface area contributed by atoms with Crippen molar-refractivity contribution in [1.29, 1.82) is 0 Å². The minimum atomic E-state index is -5.09. The predicted octanol–water partition coefficient (Wildman–Crippen LogP) is 3.27. The van der Waals surface area contributed by atoms with Crippen molar-refractivity contribution in [3.8, 4) is 0 Å². The standard InChI is InChI=1S/C27H34F2N10O10P2S/c1-27(2,3)26(40)44-11-52-51(43)46-6-14-20(16(29)25(47-14)39-10-37-18-22(31)33-8-35-24(18)39)48-50(41,42)45-5-12-4-13(15(28)19(12)49-51)38-9-36-17-21(30)32-7-34-23(17)38/h7-10,12-16,19-20,25H,4-6,11H2,1-3H3,(H,41,42)(H2,30,32,34)(H2,31,33,35). The Morgan fingerprint density at radius 2 is 1.58 bits per heavy atom. The average Bonchev–Trinajstić information content (AvgIpc) is 3.84. The first kappa shape index (κ1) is 36.9. The highest BCUT2D eigenvalue weighted by Crippen LogP contribution is 2.64. The summed E-state index contributed by atoms with van der Waals surface area (Å²) in [5.41, 5.74) is 11.5. The minimum Gasteiger partial charge on any atom is -0.454 e. The van der Waals surface area contributed by atoms with Crippen LogP contribution in [0.3, 0.4) is 0 Å². The Kier molecular flexibility index (Phi) is 9.79. The molecule has 20 nitrogen and oxygen atoms in total. The molecule has 0 radical (unpaired) electrons. The van der Waals surface area contributed by atoms with Crippen molar-refractivity contribution < 1.29 is 55.2 Å². The van der Waals surface area contributed by atoms with E-state index in [1.165, 1.54) is 28.1 Å². The molecule has 3 aliphatic rings. The summed E-state index contributed by atoms with van der Waals surface area (Å²) < 4.78 is 96.8. The molecular formula is C27H34F2N10O10P2S. The number of esters is 1. The number of nitrogen functional groups attached to an aromatic ring is 2. The number of anilines is 2. The molecule has 2 aliphatic heterocycles. The summed E-state index contributed by atoms with van der Waals surface area (Å²) in [5, 5.41) is 0. The molecule has 4 aromatic heterocycles. The van der Waals surface area contributed by atoms with Gasteiger partial charge in [-0.15, -0.1) is 0 Å². The molecule has 1 aliphatic carbocycles. The first-order valence-corrected chi connectivity index (χ1v) is 20.4. The molecule has 0 amide bonds. The molecule has 10 unspecified atom stereocenters. The van der Waals surface area contributed by atoms with Gasteiger partial charge in [0.1, 0.15) is 54.1 Å². The van der Waals surface area contributed by atoms with Gasteiger partial charge in [0.25, 0.3) is 0 Å². The maximum Gasteiger partial charge on any atom is 0.472 e. The molecule has 3 fully saturated rings. The van der Waals surface area contributed by atoms with E-state index in [2.05, 4.69) is 29.9 Å². The normalized spacial score (nSPS) is 34.4. The van der Waals surface area contributed by atoms with E-state index in [1.807, 2.05) is 0 Å². The number of hydrogen-bond acceptors (Lipinski definition) is 18. The summed E-state index contributed by atoms with van der Waals surface area (Å²) >= 11 is 0.450. The summed E-state index contributed by atoms with van der Waals surface area (Å²) in [6, 6.07) is -1.07. The number of fused-ring (bicyclic) bond motifs is 4. The van der Waals surface area contributed by atoms with Crippen LogP contribution in [0.25, 0.3) is 22.3 Å². The van der Waals surface area contributed by atoms with E-state index in [0.29, 0.717) is 11.4 Å². The van der Waals surface area contributed by atoms with Gasteiger partial charge in [0.15, 0.2) is 35.3 Å². The van der Waals surface area contributed by atoms with Crippen LogP contribution in [-0.2, 0) is 41.5 Å². The Labute approximate surface area is 297 Å². The van der Waals surface area contributed by atoms with Crippen molar-refractivity contribution in [2.24, 2.45) is 11.3 Å². The summed E-state index contributed by atoms with van der Waals surface area (Å²) in [5.74, 6) is -2.15. The second-order valence-electron chi connectivity index (χ2n) is 13.3. The zero-order valence-corrected chi connectivity index (χ0v) is 30.3. The molecule has 4 aromatic rings. The van der Waals surface area contributed by atoms with E-state index in [4.69, 9.17) is 39.0 Å². The molecule has 0 bridgehead atoms. The molecule has 25 heteroatoms. The topological polar surface area (TPSA) is 266 Å². The quantitative estimate of drug-likeness (QED) is 0.149. The number of phosphoric acid groups is 1. The van der Waals surface area contributed by atoms with Crippen molar-refractivity contribution in [3.63, 3.8) is 0 Å². The largest absolute Gasteiger partial charge is 0.472 e. The monoisotopic (exact) mass is 790 g/mol. The fraction of sp³-hybridized carbons (Fsp3) is 0.593. The van der Waals surface area contributed by atoms with Crippen LogP contribution >= 0.6 is 26.0 Å². The highest BCUT2D eigenvalue weighted by atomic mass is 32.7. The minimum absolute atomic E-state index is 0.0105. The van der Waals surface area contributed by atoms with Gasteiger partial charge in [0.2, 0.25) is 0 Å². The van der Waals surface area contributed by atoms with Gasteiger partial charge in [0, 0.05) is 17.3 Å². The van der Waals surface area contributed by atoms with Gasteiger partial charge in [-0.3, -0.25) is 27.5 Å². The second kappa shape index (κ2) is 13.8. The van der Waals surface area contributed by atoms with Gasteiger partial charge < -0.3 is 30.4 Å². The van der Waals surface area contributed by atoms with Crippen LogP contribution in [0.15, 0.2) is 25.3 Å². The number of ether oxygens (including phenoxy) is 2. The second-order valence-corrected chi connectivity index (χ2v) is 18.6. The molecule has 5 N–H and O–H groups in total. The SMILES string of the molecule is CC(C)(C)C(=O)OCSP1(=O)OCC2OC(n3cnc4c(N)ncnc43)C(F)C2OP(=O)(O)OCC2CC(n3cnc4c(N)ncnc43)C(F)C2O1. The lowest BCUT2D eigenvalue weighted by Gasteiger charge is -2.30. The first-order chi connectivity index (χ1) is 24.6. The lowest BCUT2D eigenvalue weighted by molar-refractivity contribution is -0.150. The van der Waals surface area contributed by atoms with Crippen molar-refractivity contribution in [2.45, 2.75) is 70.1 Å². The number of aromatic nitrogens is 8. The molecular weight excluding hydrogens is 756 g/mol. The maximum atomic E-state index is 16.6. The zero-order chi connectivity index (χ0) is 37.2. The molecule has 6 heterocycles. The Balaban J connectivity index is 1.20. The maximum absolute atomic E-state index is 16.6. The fourth-order valence-corrected chi connectivity index (χ4v) is 9.96. The molecule has 52 heavy (non-hydrogen) atoms. The van der Waals surface area contributed by atoms with Crippen molar-refractivity contribution >= 4 is 65.9 Å². The van der Waals surface area contributed by atoms with Crippen LogP contribution < -0.4 is 11.5 Å². The van der Waals surface area contributed by atoms with Crippen LogP contribution in [0.1, 0.15) is 39.5 Å². The summed E-state index contributed by atoms with van der Waals surface area (Å²) in [4.78, 5) is 47.6. The number of nitrogens with two attached hydrogens (primary N) is 2. The first-order valence-electron chi connectivity index (χ1n) is 15.8. The fourth-order valence-electron chi connectivity index (χ4n) is 6.12. The smallest absolute Gasteiger partial charge is 0.454 e. The number of alkyl halides is 2. The molecule has 2 saturated heterocycles. The van der Waals surface area contributed by atoms with Gasteiger partial charge in [-0.05, 0) is 27.2 Å². The van der Waals surface area contributed by atoms with E-state index < -0.39 is 94.0 Å². The lowest BCUT2D eigenvalue weighted by atomic mass is 9.98. The van der Waals surface area contributed by atoms with Crippen molar-refractivity contribution in [2.75, 3.05) is 30.6 Å². The number of nitrogens with zero attached hydrogens (tertiary/aromatic N) is 8. The number of halogens is 2. The van der Waals surface area contributed by atoms with E-state index in [0.717, 1.165) is 6.33 Å². The zero-order valence-electron chi connectivity index (χ0n) is 27.7. The third-order valence-electron chi connectivity index (χ3n) is 8.73. The molecule has 7 rings (SSSR count). The Morgan fingerprint density at radius 1 is 0.942 bits per heavy atom. The Hall–Kier alpha value is -3.40. The third-order valence-corrected chi connectivity index (χ3v) is 13.1. The van der Waals surface area contributed by atoms with Crippen LogP contribution in [0.5, 0.6) is 0 Å². The number of carbonyl (C=O) groups excluding carboxylic acids is 1. The molecule has 10 atom stereocenters. The molecule has 1 saturated carbocycles. The third kappa shape index (κ3) is 7.01. The van der Waals surface area contributed by atoms with Gasteiger partial charge in [-0.25, -0.2) is 47.8 Å². The van der Waals surface area contributed by atoms with Crippen molar-refractivity contribution in [3.05, 3.63) is 25.3 Å². The number of rotatable bonds is 5. The van der Waals surface area contributed by atoms with Crippen molar-refractivity contribution in [1.82, 2.24) is 39.0 Å². The molecule has 0 aromatic carbocycles. The lowest BCUT2D eigenvalue weighted by Crippen LogP contribution is -2.35. The van der Waals surface area contributed by atoms with E-state index in [9.17, 15) is 18.8 Å². The number of imidazole rings is 2. The molecule has 282 valence electrons. The number of carbonyl (C=O) groups is 1. The number of hydrogen-bond donors (Lipinski definition) is 3. The van der Waals surface area contributed by atoms with Gasteiger partial charge in [0.05, 0.1) is 37.3 Å². The summed E-state index contributed by atoms with van der Waals surface area (Å²) in [7, 11) is -5.09. The highest BCUT2D eigenvalue weighted by molar-refractivity contribution is 8.55. The van der Waals surface area contributed by atoms with Crippen LogP contribution in [0.4, 0.5) is 20.4 Å². The Morgan fingerprint density at radius 3 is 2.23 bits per heavy atom. The van der Waals surface area contributed by atoms with Crippen LogP contribution in [0, 0.1) is 11.3 Å². The van der Waals surface area contributed by atoms with E-state index >= 15 is 8.78 Å².